The molecule has 0 aliphatic rings. The highest BCUT2D eigenvalue weighted by Gasteiger charge is 2.13. The highest BCUT2D eigenvalue weighted by Crippen LogP contribution is 2.20. The Morgan fingerprint density at radius 2 is 2.35 bits per heavy atom. The fraction of sp³-hybridized carbons (Fsp3) is 0.0909. The number of carboxylic acids is 1. The first kappa shape index (κ1) is 12.1. The summed E-state index contributed by atoms with van der Waals surface area (Å²) in [5.41, 5.74) is 1.95. The summed E-state index contributed by atoms with van der Waals surface area (Å²) in [6.45, 7) is 0.154. The van der Waals surface area contributed by atoms with Gasteiger partial charge in [-0.15, -0.1) is 11.3 Å². The monoisotopic (exact) mass is 313 g/mol. The maximum Gasteiger partial charge on any atom is 0.347 e. The van der Waals surface area contributed by atoms with Gasteiger partial charge in [0, 0.05) is 4.47 Å². The van der Waals surface area contributed by atoms with E-state index in [4.69, 9.17) is 9.84 Å². The van der Waals surface area contributed by atoms with Crippen molar-refractivity contribution in [1.82, 2.24) is 4.98 Å². The molecule has 1 aromatic carbocycles. The molecule has 0 amide bonds. The zero-order valence-electron chi connectivity index (χ0n) is 8.59. The van der Waals surface area contributed by atoms with E-state index in [1.165, 1.54) is 5.51 Å². The smallest absolute Gasteiger partial charge is 0.347 e. The number of carboxylic acid groups (broad SMARTS) is 1. The van der Waals surface area contributed by atoms with Gasteiger partial charge in [0.15, 0.2) is 0 Å². The lowest BCUT2D eigenvalue weighted by atomic mass is 10.3. The van der Waals surface area contributed by atoms with E-state index in [1.54, 1.807) is 6.07 Å². The summed E-state index contributed by atoms with van der Waals surface area (Å²) in [4.78, 5) is 15.1. The molecule has 0 unspecified atom stereocenters. The summed E-state index contributed by atoms with van der Waals surface area (Å²) >= 11 is 4.43. The Bertz CT molecular complexity index is 541. The van der Waals surface area contributed by atoms with Gasteiger partial charge in [-0.1, -0.05) is 22.0 Å². The fourth-order valence-corrected chi connectivity index (χ4v) is 2.27. The Labute approximate surface area is 110 Å². The molecule has 0 aliphatic carbocycles. The lowest BCUT2D eigenvalue weighted by Crippen LogP contribution is -2.03. The van der Waals surface area contributed by atoms with Crippen molar-refractivity contribution in [3.63, 3.8) is 0 Å². The number of carbonyl (C=O) groups is 1. The molecule has 0 atom stereocenters. The summed E-state index contributed by atoms with van der Waals surface area (Å²) in [6, 6.07) is 7.35. The second-order valence-corrected chi connectivity index (χ2v) is 4.95. The summed E-state index contributed by atoms with van der Waals surface area (Å²) in [7, 11) is 0. The number of aromatic carboxylic acids is 1. The Kier molecular flexibility index (Phi) is 3.75. The minimum Gasteiger partial charge on any atom is -0.487 e. The van der Waals surface area contributed by atoms with E-state index in [9.17, 15) is 4.79 Å². The van der Waals surface area contributed by atoms with Gasteiger partial charge in [-0.2, -0.15) is 0 Å². The van der Waals surface area contributed by atoms with Crippen LogP contribution in [0.4, 0.5) is 0 Å². The summed E-state index contributed by atoms with van der Waals surface area (Å²) in [5, 5.41) is 8.90. The van der Waals surface area contributed by atoms with Crippen molar-refractivity contribution < 1.29 is 14.6 Å². The van der Waals surface area contributed by atoms with Crippen LogP contribution in [-0.2, 0) is 6.61 Å². The highest BCUT2D eigenvalue weighted by molar-refractivity contribution is 9.10. The quantitative estimate of drug-likeness (QED) is 0.941. The van der Waals surface area contributed by atoms with E-state index >= 15 is 0 Å². The van der Waals surface area contributed by atoms with Crippen LogP contribution in [0, 0.1) is 0 Å². The topological polar surface area (TPSA) is 59.4 Å². The zero-order chi connectivity index (χ0) is 12.3. The van der Waals surface area contributed by atoms with Crippen molar-refractivity contribution in [3.8, 4) is 5.75 Å². The second kappa shape index (κ2) is 5.29. The van der Waals surface area contributed by atoms with Crippen LogP contribution < -0.4 is 4.74 Å². The van der Waals surface area contributed by atoms with Crippen LogP contribution in [0.15, 0.2) is 34.2 Å². The first-order valence-electron chi connectivity index (χ1n) is 4.71. The van der Waals surface area contributed by atoms with Gasteiger partial charge in [-0.3, -0.25) is 0 Å². The Balaban J connectivity index is 2.07. The standard InChI is InChI=1S/C11H8BrNO3S/c12-7-2-1-3-8(4-7)16-5-9-10(11(14)15)17-6-13-9/h1-4,6H,5H2,(H,14,15). The SMILES string of the molecule is O=C(O)c1scnc1COc1cccc(Br)c1. The van der Waals surface area contributed by atoms with Gasteiger partial charge < -0.3 is 9.84 Å². The van der Waals surface area contributed by atoms with Crippen LogP contribution in [0.25, 0.3) is 0 Å². The molecule has 0 spiro atoms. The van der Waals surface area contributed by atoms with Crippen LogP contribution in [-0.4, -0.2) is 16.1 Å². The number of nitrogens with zero attached hydrogens (tertiary/aromatic N) is 1. The third-order valence-electron chi connectivity index (χ3n) is 2.01. The van der Waals surface area contributed by atoms with Gasteiger partial charge in [0.25, 0.3) is 0 Å². The number of aromatic nitrogens is 1. The molecule has 4 nitrogen and oxygen atoms in total. The maximum atomic E-state index is 10.9. The third-order valence-corrected chi connectivity index (χ3v) is 3.36. The molecule has 0 saturated heterocycles. The molecule has 0 radical (unpaired) electrons. The van der Waals surface area contributed by atoms with E-state index in [0.29, 0.717) is 11.4 Å². The first-order chi connectivity index (χ1) is 8.16. The lowest BCUT2D eigenvalue weighted by Gasteiger charge is -2.05. The molecular formula is C11H8BrNO3S. The molecule has 1 heterocycles. The highest BCUT2D eigenvalue weighted by atomic mass is 79.9. The van der Waals surface area contributed by atoms with Gasteiger partial charge >= 0.3 is 5.97 Å². The molecule has 6 heteroatoms. The first-order valence-corrected chi connectivity index (χ1v) is 6.38. The van der Waals surface area contributed by atoms with Crippen molar-refractivity contribution in [3.05, 3.63) is 44.8 Å². The maximum absolute atomic E-state index is 10.9. The van der Waals surface area contributed by atoms with E-state index in [-0.39, 0.29) is 11.5 Å². The van der Waals surface area contributed by atoms with E-state index < -0.39 is 5.97 Å². The van der Waals surface area contributed by atoms with Crippen LogP contribution in [0.5, 0.6) is 5.75 Å². The van der Waals surface area contributed by atoms with Gasteiger partial charge in [-0.05, 0) is 18.2 Å². The molecule has 17 heavy (non-hydrogen) atoms. The van der Waals surface area contributed by atoms with Crippen molar-refractivity contribution in [1.29, 1.82) is 0 Å². The second-order valence-electron chi connectivity index (χ2n) is 3.18. The number of halogens is 1. The van der Waals surface area contributed by atoms with Gasteiger partial charge in [0.2, 0.25) is 0 Å². The predicted octanol–water partition coefficient (Wildman–Crippen LogP) is 3.18. The molecule has 1 N–H and O–H groups in total. The molecule has 0 fully saturated rings. The number of hydrogen-bond donors (Lipinski definition) is 1. The molecular weight excluding hydrogens is 306 g/mol. The van der Waals surface area contributed by atoms with Crippen molar-refractivity contribution in [2.24, 2.45) is 0 Å². The lowest BCUT2D eigenvalue weighted by molar-refractivity contribution is 0.0699. The number of ether oxygens (including phenoxy) is 1. The van der Waals surface area contributed by atoms with Crippen molar-refractivity contribution >= 4 is 33.2 Å². The van der Waals surface area contributed by atoms with Crippen LogP contribution in [0.1, 0.15) is 15.4 Å². The average molecular weight is 314 g/mol. The van der Waals surface area contributed by atoms with Crippen LogP contribution >= 0.6 is 27.3 Å². The minimum atomic E-state index is -0.972. The molecule has 0 saturated carbocycles. The van der Waals surface area contributed by atoms with Gasteiger partial charge in [0.05, 0.1) is 5.51 Å². The number of hydrogen-bond acceptors (Lipinski definition) is 4. The fourth-order valence-electron chi connectivity index (χ4n) is 1.25. The molecule has 0 aliphatic heterocycles. The van der Waals surface area contributed by atoms with Gasteiger partial charge in [-0.25, -0.2) is 9.78 Å². The summed E-state index contributed by atoms with van der Waals surface area (Å²) in [5.74, 6) is -0.302. The van der Waals surface area contributed by atoms with Crippen LogP contribution in [0.2, 0.25) is 0 Å². The average Bonchev–Trinajstić information content (AvgIpc) is 2.74. The Morgan fingerprint density at radius 1 is 1.53 bits per heavy atom. The van der Waals surface area contributed by atoms with Gasteiger partial charge in [0.1, 0.15) is 22.9 Å². The summed E-state index contributed by atoms with van der Waals surface area (Å²) in [6.07, 6.45) is 0. The Morgan fingerprint density at radius 3 is 3.06 bits per heavy atom. The number of benzene rings is 1. The molecule has 88 valence electrons. The van der Waals surface area contributed by atoms with E-state index in [2.05, 4.69) is 20.9 Å². The zero-order valence-corrected chi connectivity index (χ0v) is 11.0. The van der Waals surface area contributed by atoms with Crippen molar-refractivity contribution in [2.45, 2.75) is 6.61 Å². The predicted molar refractivity (Wildman–Crippen MR) is 67.5 cm³/mol. The summed E-state index contributed by atoms with van der Waals surface area (Å²) < 4.78 is 6.38. The Hall–Kier alpha value is -1.40. The van der Waals surface area contributed by atoms with E-state index in [1.807, 2.05) is 18.2 Å². The third kappa shape index (κ3) is 3.04. The largest absolute Gasteiger partial charge is 0.487 e. The van der Waals surface area contributed by atoms with E-state index in [0.717, 1.165) is 15.8 Å². The molecule has 0 bridgehead atoms. The minimum absolute atomic E-state index is 0.154. The van der Waals surface area contributed by atoms with Crippen molar-refractivity contribution in [2.75, 3.05) is 0 Å². The number of thiazole rings is 1. The number of rotatable bonds is 4. The molecule has 2 aromatic rings. The molecule has 2 rings (SSSR count). The van der Waals surface area contributed by atoms with Crippen LogP contribution in [0.3, 0.4) is 0 Å². The normalized spacial score (nSPS) is 10.2. The molecule has 1 aromatic heterocycles.